The normalized spacial score (nSPS) is 15.3. The molecule has 1 aliphatic rings. The molecule has 2 N–H and O–H groups in total. The molecule has 10 heteroatoms. The first-order chi connectivity index (χ1) is 16.3. The number of hydrogen-bond acceptors (Lipinski definition) is 6. The number of benzene rings is 1. The number of anilines is 1. The Kier molecular flexibility index (Phi) is 6.95. The van der Waals surface area contributed by atoms with E-state index in [4.69, 9.17) is 22.1 Å². The quantitative estimate of drug-likeness (QED) is 0.543. The third kappa shape index (κ3) is 4.80. The maximum atomic E-state index is 14.4. The largest absolute Gasteiger partial charge is 0.482 e. The van der Waals surface area contributed by atoms with Crippen LogP contribution in [0.3, 0.4) is 0 Å². The number of hydrogen-bond donors (Lipinski definition) is 1. The van der Waals surface area contributed by atoms with Gasteiger partial charge in [0, 0.05) is 49.7 Å². The standard InChI is InChI=1S/C24H24ClF2N5O2/c1-14(20-17(26)3-4-18(27)21(20)25)34-19-13-16(15-5-7-29-8-6-15)22(30-23(19)28)24(33)32-11-9-31(2)10-12-32/h3-8,13-14H,9-12H2,1-2H3,(H2,28,30). The van der Waals surface area contributed by atoms with Crippen molar-refractivity contribution in [2.45, 2.75) is 13.0 Å². The molecule has 0 radical (unpaired) electrons. The van der Waals surface area contributed by atoms with Crippen LogP contribution >= 0.6 is 11.6 Å². The summed E-state index contributed by atoms with van der Waals surface area (Å²) in [6.45, 7) is 4.17. The number of rotatable bonds is 5. The van der Waals surface area contributed by atoms with Crippen LogP contribution < -0.4 is 10.5 Å². The van der Waals surface area contributed by atoms with Gasteiger partial charge in [-0.1, -0.05) is 11.6 Å². The van der Waals surface area contributed by atoms with Gasteiger partial charge in [-0.2, -0.15) is 0 Å². The van der Waals surface area contributed by atoms with Gasteiger partial charge in [-0.3, -0.25) is 9.78 Å². The molecule has 0 spiro atoms. The molecule has 1 amide bonds. The van der Waals surface area contributed by atoms with Crippen molar-refractivity contribution in [3.05, 3.63) is 70.6 Å². The van der Waals surface area contributed by atoms with E-state index >= 15 is 0 Å². The van der Waals surface area contributed by atoms with E-state index in [0.29, 0.717) is 24.2 Å². The van der Waals surface area contributed by atoms with Gasteiger partial charge in [0.2, 0.25) is 0 Å². The van der Waals surface area contributed by atoms with E-state index in [1.54, 1.807) is 35.5 Å². The molecule has 0 saturated carbocycles. The number of carbonyl (C=O) groups is 1. The van der Waals surface area contributed by atoms with Gasteiger partial charge in [0.1, 0.15) is 23.4 Å². The number of piperazine rings is 1. The second kappa shape index (κ2) is 9.90. The number of nitrogens with two attached hydrogens (primary N) is 1. The predicted octanol–water partition coefficient (Wildman–Crippen LogP) is 4.19. The number of pyridine rings is 2. The molecule has 0 bridgehead atoms. The van der Waals surface area contributed by atoms with Crippen LogP contribution in [0.5, 0.6) is 5.75 Å². The molecule has 1 aliphatic heterocycles. The van der Waals surface area contributed by atoms with Gasteiger partial charge in [0.05, 0.1) is 5.02 Å². The van der Waals surface area contributed by atoms with Crippen LogP contribution in [0.25, 0.3) is 11.1 Å². The maximum Gasteiger partial charge on any atom is 0.273 e. The van der Waals surface area contributed by atoms with Crippen LogP contribution in [0.15, 0.2) is 42.7 Å². The van der Waals surface area contributed by atoms with E-state index in [0.717, 1.165) is 25.2 Å². The zero-order chi connectivity index (χ0) is 24.4. The molecule has 1 saturated heterocycles. The molecule has 34 heavy (non-hydrogen) atoms. The van der Waals surface area contributed by atoms with Crippen molar-refractivity contribution in [2.24, 2.45) is 0 Å². The van der Waals surface area contributed by atoms with Gasteiger partial charge in [-0.25, -0.2) is 13.8 Å². The smallest absolute Gasteiger partial charge is 0.273 e. The Balaban J connectivity index is 1.73. The second-order valence-electron chi connectivity index (χ2n) is 8.12. The fourth-order valence-corrected chi connectivity index (χ4v) is 4.15. The summed E-state index contributed by atoms with van der Waals surface area (Å²) in [6.07, 6.45) is 2.22. The summed E-state index contributed by atoms with van der Waals surface area (Å²) < 4.78 is 34.2. The van der Waals surface area contributed by atoms with Crippen LogP contribution in [0, 0.1) is 11.6 Å². The lowest BCUT2D eigenvalue weighted by atomic mass is 10.0. The monoisotopic (exact) mass is 487 g/mol. The maximum absolute atomic E-state index is 14.4. The Morgan fingerprint density at radius 1 is 1.12 bits per heavy atom. The molecule has 1 unspecified atom stereocenters. The van der Waals surface area contributed by atoms with Crippen molar-refractivity contribution in [1.82, 2.24) is 19.8 Å². The lowest BCUT2D eigenvalue weighted by Crippen LogP contribution is -2.47. The summed E-state index contributed by atoms with van der Waals surface area (Å²) in [5, 5.41) is -0.366. The van der Waals surface area contributed by atoms with Gasteiger partial charge in [0.25, 0.3) is 5.91 Å². The summed E-state index contributed by atoms with van der Waals surface area (Å²) in [5.41, 5.74) is 7.39. The van der Waals surface area contributed by atoms with Gasteiger partial charge in [-0.05, 0) is 49.9 Å². The topological polar surface area (TPSA) is 84.6 Å². The molecule has 1 aromatic carbocycles. The molecule has 7 nitrogen and oxygen atoms in total. The Labute approximate surface area is 201 Å². The Hall–Kier alpha value is -3.30. The first kappa shape index (κ1) is 23.8. The molecular formula is C24H24ClF2N5O2. The number of amides is 1. The van der Waals surface area contributed by atoms with E-state index in [9.17, 15) is 13.6 Å². The Morgan fingerprint density at radius 2 is 1.76 bits per heavy atom. The number of likely N-dealkylation sites (N-methyl/N-ethyl adjacent to an activating group) is 1. The zero-order valence-electron chi connectivity index (χ0n) is 18.8. The van der Waals surface area contributed by atoms with Gasteiger partial charge >= 0.3 is 0 Å². The summed E-state index contributed by atoms with van der Waals surface area (Å²) in [7, 11) is 2.00. The summed E-state index contributed by atoms with van der Waals surface area (Å²) in [4.78, 5) is 25.6. The highest BCUT2D eigenvalue weighted by atomic mass is 35.5. The highest BCUT2D eigenvalue weighted by molar-refractivity contribution is 6.31. The van der Waals surface area contributed by atoms with E-state index in [-0.39, 0.29) is 33.8 Å². The van der Waals surface area contributed by atoms with E-state index in [2.05, 4.69) is 14.9 Å². The van der Waals surface area contributed by atoms with Crippen molar-refractivity contribution in [2.75, 3.05) is 39.0 Å². The molecule has 4 rings (SSSR count). The van der Waals surface area contributed by atoms with E-state index in [1.807, 2.05) is 7.05 Å². The number of aromatic nitrogens is 2. The molecule has 1 atom stereocenters. The van der Waals surface area contributed by atoms with E-state index in [1.165, 1.54) is 6.92 Å². The number of ether oxygens (including phenoxy) is 1. The minimum atomic E-state index is -0.975. The van der Waals surface area contributed by atoms with Crippen molar-refractivity contribution in [3.63, 3.8) is 0 Å². The highest BCUT2D eigenvalue weighted by Crippen LogP contribution is 2.36. The van der Waals surface area contributed by atoms with Crippen LogP contribution in [-0.4, -0.2) is 58.9 Å². The Bertz CT molecular complexity index is 1200. The molecule has 178 valence electrons. The number of nitrogen functional groups attached to an aromatic ring is 1. The summed E-state index contributed by atoms with van der Waals surface area (Å²) in [5.74, 6) is -1.64. The van der Waals surface area contributed by atoms with Gasteiger partial charge in [0.15, 0.2) is 11.6 Å². The number of halogens is 3. The minimum Gasteiger partial charge on any atom is -0.482 e. The van der Waals surface area contributed by atoms with E-state index < -0.39 is 17.7 Å². The number of carbonyl (C=O) groups excluding carboxylic acids is 1. The SMILES string of the molecule is CC(Oc1cc(-c2ccncc2)c(C(=O)N2CCN(C)CC2)nc1N)c1c(F)ccc(F)c1Cl. The molecule has 1 fully saturated rings. The highest BCUT2D eigenvalue weighted by Gasteiger charge is 2.27. The third-order valence-electron chi connectivity index (χ3n) is 5.79. The van der Waals surface area contributed by atoms with Crippen molar-refractivity contribution < 1.29 is 18.3 Å². The van der Waals surface area contributed by atoms with Crippen LogP contribution in [-0.2, 0) is 0 Å². The van der Waals surface area contributed by atoms with Crippen molar-refractivity contribution in [3.8, 4) is 16.9 Å². The van der Waals surface area contributed by atoms with Crippen molar-refractivity contribution in [1.29, 1.82) is 0 Å². The fourth-order valence-electron chi connectivity index (χ4n) is 3.84. The molecule has 3 heterocycles. The number of nitrogens with zero attached hydrogens (tertiary/aromatic N) is 4. The summed E-state index contributed by atoms with van der Waals surface area (Å²) in [6, 6.07) is 7.00. The molecular weight excluding hydrogens is 464 g/mol. The summed E-state index contributed by atoms with van der Waals surface area (Å²) >= 11 is 5.99. The lowest BCUT2D eigenvalue weighted by Gasteiger charge is -2.32. The molecule has 0 aliphatic carbocycles. The average Bonchev–Trinajstić information content (AvgIpc) is 2.83. The Morgan fingerprint density at radius 3 is 2.44 bits per heavy atom. The molecule has 2 aromatic heterocycles. The fraction of sp³-hybridized carbons (Fsp3) is 0.292. The second-order valence-corrected chi connectivity index (χ2v) is 8.49. The lowest BCUT2D eigenvalue weighted by molar-refractivity contribution is 0.0659. The van der Waals surface area contributed by atoms with Crippen molar-refractivity contribution >= 4 is 23.3 Å². The predicted molar refractivity (Wildman–Crippen MR) is 126 cm³/mol. The van der Waals surface area contributed by atoms with Crippen LogP contribution in [0.1, 0.15) is 29.1 Å². The molecule has 3 aromatic rings. The van der Waals surface area contributed by atoms with Gasteiger partial charge in [-0.15, -0.1) is 0 Å². The zero-order valence-corrected chi connectivity index (χ0v) is 19.5. The minimum absolute atomic E-state index is 0.0462. The average molecular weight is 488 g/mol. The first-order valence-corrected chi connectivity index (χ1v) is 11.1. The van der Waals surface area contributed by atoms with Crippen LogP contribution in [0.2, 0.25) is 5.02 Å². The van der Waals surface area contributed by atoms with Crippen LogP contribution in [0.4, 0.5) is 14.6 Å². The first-order valence-electron chi connectivity index (χ1n) is 10.7. The third-order valence-corrected chi connectivity index (χ3v) is 6.17. The van der Waals surface area contributed by atoms with Gasteiger partial charge < -0.3 is 20.3 Å².